The Labute approximate surface area is 168 Å². The summed E-state index contributed by atoms with van der Waals surface area (Å²) in [5.74, 6) is 1.14. The van der Waals surface area contributed by atoms with Gasteiger partial charge in [-0.25, -0.2) is 0 Å². The molecule has 3 aromatic rings. The third kappa shape index (κ3) is 4.72. The topological polar surface area (TPSA) is 77.2 Å². The SMILES string of the molecule is CCOc1ccccc1-c1nnc(SCC(=O)Nc2c(C)cccc2CC)o1. The predicted molar refractivity (Wildman–Crippen MR) is 111 cm³/mol. The van der Waals surface area contributed by atoms with Crippen molar-refractivity contribution in [2.75, 3.05) is 17.7 Å². The second-order valence-electron chi connectivity index (χ2n) is 6.10. The Kier molecular flexibility index (Phi) is 6.71. The van der Waals surface area contributed by atoms with Crippen LogP contribution >= 0.6 is 11.8 Å². The van der Waals surface area contributed by atoms with Gasteiger partial charge in [-0.1, -0.05) is 49.0 Å². The minimum absolute atomic E-state index is 0.108. The highest BCUT2D eigenvalue weighted by molar-refractivity contribution is 7.99. The van der Waals surface area contributed by atoms with Crippen molar-refractivity contribution in [3.63, 3.8) is 0 Å². The fourth-order valence-electron chi connectivity index (χ4n) is 2.81. The van der Waals surface area contributed by atoms with Crippen LogP contribution in [0.3, 0.4) is 0 Å². The molecule has 0 spiro atoms. The molecule has 28 heavy (non-hydrogen) atoms. The number of aryl methyl sites for hydroxylation is 2. The number of benzene rings is 2. The Bertz CT molecular complexity index is 956. The number of thioether (sulfide) groups is 1. The Morgan fingerprint density at radius 2 is 1.96 bits per heavy atom. The van der Waals surface area contributed by atoms with Crippen molar-refractivity contribution in [3.05, 3.63) is 53.6 Å². The number of aromatic nitrogens is 2. The lowest BCUT2D eigenvalue weighted by molar-refractivity contribution is -0.113. The van der Waals surface area contributed by atoms with E-state index >= 15 is 0 Å². The summed E-state index contributed by atoms with van der Waals surface area (Å²) in [7, 11) is 0. The van der Waals surface area contributed by atoms with Crippen LogP contribution in [0.2, 0.25) is 0 Å². The molecule has 0 fully saturated rings. The summed E-state index contributed by atoms with van der Waals surface area (Å²) in [6, 6.07) is 13.5. The minimum atomic E-state index is -0.108. The molecule has 0 aliphatic carbocycles. The summed E-state index contributed by atoms with van der Waals surface area (Å²) < 4.78 is 11.3. The Morgan fingerprint density at radius 1 is 1.14 bits per heavy atom. The number of nitrogens with one attached hydrogen (secondary N) is 1. The maximum Gasteiger partial charge on any atom is 0.277 e. The molecule has 7 heteroatoms. The molecule has 0 unspecified atom stereocenters. The number of nitrogens with zero attached hydrogens (tertiary/aromatic N) is 2. The molecule has 1 amide bonds. The summed E-state index contributed by atoms with van der Waals surface area (Å²) >= 11 is 1.21. The van der Waals surface area contributed by atoms with Gasteiger partial charge < -0.3 is 14.5 Å². The fourth-order valence-corrected chi connectivity index (χ4v) is 3.37. The number of anilines is 1. The van der Waals surface area contributed by atoms with Crippen LogP contribution in [0.5, 0.6) is 5.75 Å². The highest BCUT2D eigenvalue weighted by Crippen LogP contribution is 2.30. The number of amides is 1. The van der Waals surface area contributed by atoms with E-state index in [0.29, 0.717) is 23.5 Å². The summed E-state index contributed by atoms with van der Waals surface area (Å²) in [6.45, 7) is 6.52. The number of hydrogen-bond acceptors (Lipinski definition) is 6. The highest BCUT2D eigenvalue weighted by Gasteiger charge is 2.15. The molecule has 0 atom stereocenters. The molecular formula is C21H23N3O3S. The van der Waals surface area contributed by atoms with E-state index in [1.165, 1.54) is 11.8 Å². The summed E-state index contributed by atoms with van der Waals surface area (Å²) in [4.78, 5) is 12.4. The van der Waals surface area contributed by atoms with E-state index in [1.807, 2.05) is 56.3 Å². The van der Waals surface area contributed by atoms with Crippen LogP contribution in [-0.4, -0.2) is 28.5 Å². The van der Waals surface area contributed by atoms with Gasteiger partial charge in [0, 0.05) is 5.69 Å². The summed E-state index contributed by atoms with van der Waals surface area (Å²) in [6.07, 6.45) is 0.858. The summed E-state index contributed by atoms with van der Waals surface area (Å²) in [5, 5.41) is 11.5. The third-order valence-electron chi connectivity index (χ3n) is 4.15. The lowest BCUT2D eigenvalue weighted by Crippen LogP contribution is -2.16. The van der Waals surface area contributed by atoms with E-state index < -0.39 is 0 Å². The van der Waals surface area contributed by atoms with Crippen molar-refractivity contribution in [1.82, 2.24) is 10.2 Å². The standard InChI is InChI=1S/C21H23N3O3S/c1-4-15-10-8-9-14(3)19(15)22-18(25)13-28-21-24-23-20(27-21)16-11-6-7-12-17(16)26-5-2/h6-12H,4-5,13H2,1-3H3,(H,22,25). The molecule has 0 aliphatic rings. The van der Waals surface area contributed by atoms with Gasteiger partial charge in [0.25, 0.3) is 11.1 Å². The lowest BCUT2D eigenvalue weighted by atomic mass is 10.1. The highest BCUT2D eigenvalue weighted by atomic mass is 32.2. The van der Waals surface area contributed by atoms with E-state index in [2.05, 4.69) is 22.4 Å². The first-order valence-electron chi connectivity index (χ1n) is 9.19. The number of para-hydroxylation sites is 2. The molecule has 0 bridgehead atoms. The summed E-state index contributed by atoms with van der Waals surface area (Å²) in [5.41, 5.74) is 3.78. The van der Waals surface area contributed by atoms with Gasteiger partial charge in [-0.2, -0.15) is 0 Å². The lowest BCUT2D eigenvalue weighted by Gasteiger charge is -2.12. The van der Waals surface area contributed by atoms with E-state index in [9.17, 15) is 4.79 Å². The van der Waals surface area contributed by atoms with Gasteiger partial charge in [-0.15, -0.1) is 10.2 Å². The molecule has 0 radical (unpaired) electrons. The molecule has 1 aromatic heterocycles. The quantitative estimate of drug-likeness (QED) is 0.553. The van der Waals surface area contributed by atoms with Gasteiger partial charge in [-0.3, -0.25) is 4.79 Å². The molecule has 146 valence electrons. The zero-order chi connectivity index (χ0) is 19.9. The van der Waals surface area contributed by atoms with Crippen LogP contribution in [0.25, 0.3) is 11.5 Å². The van der Waals surface area contributed by atoms with Crippen molar-refractivity contribution in [2.45, 2.75) is 32.4 Å². The third-order valence-corrected chi connectivity index (χ3v) is 4.97. The first kappa shape index (κ1) is 19.9. The van der Waals surface area contributed by atoms with Crippen LogP contribution in [-0.2, 0) is 11.2 Å². The molecule has 1 N–H and O–H groups in total. The van der Waals surface area contributed by atoms with Crippen molar-refractivity contribution in [2.24, 2.45) is 0 Å². The average molecular weight is 398 g/mol. The van der Waals surface area contributed by atoms with Crippen LogP contribution < -0.4 is 10.1 Å². The number of carbonyl (C=O) groups excluding carboxylic acids is 1. The van der Waals surface area contributed by atoms with Crippen molar-refractivity contribution >= 4 is 23.4 Å². The first-order valence-corrected chi connectivity index (χ1v) is 10.2. The van der Waals surface area contributed by atoms with E-state index in [0.717, 1.165) is 28.8 Å². The molecule has 1 heterocycles. The normalized spacial score (nSPS) is 10.7. The zero-order valence-corrected chi connectivity index (χ0v) is 17.0. The van der Waals surface area contributed by atoms with Crippen molar-refractivity contribution < 1.29 is 13.9 Å². The van der Waals surface area contributed by atoms with Gasteiger partial charge >= 0.3 is 0 Å². The smallest absolute Gasteiger partial charge is 0.277 e. The molecular weight excluding hydrogens is 374 g/mol. The predicted octanol–water partition coefficient (Wildman–Crippen LogP) is 4.74. The molecule has 2 aromatic carbocycles. The Hall–Kier alpha value is -2.80. The van der Waals surface area contributed by atoms with E-state index in [4.69, 9.17) is 9.15 Å². The molecule has 0 aliphatic heterocycles. The minimum Gasteiger partial charge on any atom is -0.493 e. The van der Waals surface area contributed by atoms with Crippen LogP contribution in [0.1, 0.15) is 25.0 Å². The zero-order valence-electron chi connectivity index (χ0n) is 16.2. The maximum absolute atomic E-state index is 12.4. The van der Waals surface area contributed by atoms with Crippen LogP contribution in [0.15, 0.2) is 52.1 Å². The van der Waals surface area contributed by atoms with E-state index in [1.54, 1.807) is 0 Å². The molecule has 0 saturated carbocycles. The van der Waals surface area contributed by atoms with E-state index in [-0.39, 0.29) is 11.7 Å². The number of hydrogen-bond donors (Lipinski definition) is 1. The number of carbonyl (C=O) groups is 1. The van der Waals surface area contributed by atoms with Gasteiger partial charge in [0.05, 0.1) is 17.9 Å². The Balaban J connectivity index is 1.65. The van der Waals surface area contributed by atoms with Gasteiger partial charge in [0.1, 0.15) is 5.75 Å². The monoisotopic (exact) mass is 397 g/mol. The Morgan fingerprint density at radius 3 is 2.75 bits per heavy atom. The first-order chi connectivity index (χ1) is 13.6. The molecule has 3 rings (SSSR count). The second-order valence-corrected chi connectivity index (χ2v) is 7.03. The average Bonchev–Trinajstić information content (AvgIpc) is 3.17. The van der Waals surface area contributed by atoms with Crippen molar-refractivity contribution in [1.29, 1.82) is 0 Å². The van der Waals surface area contributed by atoms with Crippen molar-refractivity contribution in [3.8, 4) is 17.2 Å². The number of ether oxygens (including phenoxy) is 1. The van der Waals surface area contributed by atoms with Gasteiger partial charge in [-0.05, 0) is 43.5 Å². The van der Waals surface area contributed by atoms with Crippen LogP contribution in [0, 0.1) is 6.92 Å². The van der Waals surface area contributed by atoms with Crippen LogP contribution in [0.4, 0.5) is 5.69 Å². The van der Waals surface area contributed by atoms with Gasteiger partial charge in [0.2, 0.25) is 5.91 Å². The fraction of sp³-hybridized carbons (Fsp3) is 0.286. The molecule has 0 saturated heterocycles. The molecule has 6 nitrogen and oxygen atoms in total. The largest absolute Gasteiger partial charge is 0.493 e. The number of rotatable bonds is 8. The maximum atomic E-state index is 12.4. The van der Waals surface area contributed by atoms with Gasteiger partial charge in [0.15, 0.2) is 0 Å². The second kappa shape index (κ2) is 9.41.